The fourth-order valence-electron chi connectivity index (χ4n) is 1.76. The predicted molar refractivity (Wildman–Crippen MR) is 83.8 cm³/mol. The van der Waals surface area contributed by atoms with Crippen molar-refractivity contribution in [3.63, 3.8) is 0 Å². The zero-order chi connectivity index (χ0) is 15.5. The Morgan fingerprint density at radius 2 is 2.00 bits per heavy atom. The van der Waals surface area contributed by atoms with Gasteiger partial charge in [0.05, 0.1) is 43.2 Å². The number of likely N-dealkylation sites (N-methyl/N-ethyl adjacent to an activating group) is 1. The van der Waals surface area contributed by atoms with Crippen LogP contribution in [0.5, 0.6) is 5.75 Å². The lowest BCUT2D eigenvalue weighted by Crippen LogP contribution is -2.55. The van der Waals surface area contributed by atoms with E-state index in [-0.39, 0.29) is 11.1 Å². The molecular weight excluding hydrogens is 413 g/mol. The molecule has 0 unspecified atom stereocenters. The number of hydrogen-bond donors (Lipinski definition) is 0. The van der Waals surface area contributed by atoms with E-state index < -0.39 is 12.0 Å². The standard InChI is InChI=1S/C13H16Br2ClNO3/c1-17(2,3)11(13(18)19)4-5-20-12-9(15)6-8(14)7-10(12)16/h6-7,11H,4-5H2,1-3H3/t11-/m1/s1. The summed E-state index contributed by atoms with van der Waals surface area (Å²) in [5, 5.41) is 11.6. The second kappa shape index (κ2) is 7.11. The maximum Gasteiger partial charge on any atom is 0.152 e. The molecule has 0 bridgehead atoms. The molecule has 0 saturated heterocycles. The molecule has 112 valence electrons. The van der Waals surface area contributed by atoms with E-state index in [0.29, 0.717) is 21.7 Å². The molecule has 1 aromatic carbocycles. The first-order valence-corrected chi connectivity index (χ1v) is 7.88. The summed E-state index contributed by atoms with van der Waals surface area (Å²) in [5.74, 6) is -0.574. The van der Waals surface area contributed by atoms with Crippen LogP contribution in [-0.4, -0.2) is 44.2 Å². The van der Waals surface area contributed by atoms with Crippen LogP contribution in [0, 0.1) is 0 Å². The third-order valence-electron chi connectivity index (χ3n) is 2.81. The van der Waals surface area contributed by atoms with Gasteiger partial charge in [-0.25, -0.2) is 0 Å². The van der Waals surface area contributed by atoms with Crippen molar-refractivity contribution in [2.45, 2.75) is 12.5 Å². The van der Waals surface area contributed by atoms with Crippen LogP contribution in [-0.2, 0) is 4.79 Å². The Kier molecular flexibility index (Phi) is 6.31. The van der Waals surface area contributed by atoms with Gasteiger partial charge in [0.1, 0.15) is 6.04 Å². The number of benzene rings is 1. The molecule has 7 heteroatoms. The Labute approximate surface area is 140 Å². The molecule has 0 fully saturated rings. The van der Waals surface area contributed by atoms with Crippen LogP contribution in [0.3, 0.4) is 0 Å². The number of carboxylic acids is 1. The van der Waals surface area contributed by atoms with Gasteiger partial charge in [0, 0.05) is 10.9 Å². The van der Waals surface area contributed by atoms with E-state index in [4.69, 9.17) is 16.3 Å². The largest absolute Gasteiger partial charge is 0.544 e. The molecule has 0 aromatic heterocycles. The number of halogens is 3. The summed E-state index contributed by atoms with van der Waals surface area (Å²) in [4.78, 5) is 11.1. The lowest BCUT2D eigenvalue weighted by atomic mass is 10.1. The van der Waals surface area contributed by atoms with Gasteiger partial charge in [-0.2, -0.15) is 0 Å². The van der Waals surface area contributed by atoms with E-state index in [1.54, 1.807) is 6.07 Å². The van der Waals surface area contributed by atoms with Crippen LogP contribution in [0.2, 0.25) is 5.02 Å². The van der Waals surface area contributed by atoms with Crippen molar-refractivity contribution in [2.24, 2.45) is 0 Å². The average Bonchev–Trinajstić information content (AvgIpc) is 2.24. The van der Waals surface area contributed by atoms with E-state index in [2.05, 4.69) is 31.9 Å². The van der Waals surface area contributed by atoms with Gasteiger partial charge in [-0.05, 0) is 28.1 Å². The molecule has 0 amide bonds. The zero-order valence-electron chi connectivity index (χ0n) is 11.5. The monoisotopic (exact) mass is 427 g/mol. The molecule has 0 aliphatic rings. The molecule has 1 atom stereocenters. The molecule has 0 radical (unpaired) electrons. The lowest BCUT2D eigenvalue weighted by Gasteiger charge is -2.34. The molecule has 1 aromatic rings. The van der Waals surface area contributed by atoms with Gasteiger partial charge < -0.3 is 19.1 Å². The summed E-state index contributed by atoms with van der Waals surface area (Å²) in [7, 11) is 5.43. The van der Waals surface area contributed by atoms with E-state index in [1.165, 1.54) is 0 Å². The van der Waals surface area contributed by atoms with Crippen molar-refractivity contribution in [3.05, 3.63) is 26.1 Å². The highest BCUT2D eigenvalue weighted by molar-refractivity contribution is 9.11. The number of quaternary nitrogens is 1. The van der Waals surface area contributed by atoms with Gasteiger partial charge in [-0.3, -0.25) is 0 Å². The summed E-state index contributed by atoms with van der Waals surface area (Å²) in [6, 6.07) is 2.90. The van der Waals surface area contributed by atoms with E-state index in [0.717, 1.165) is 4.47 Å². The number of carboxylic acid groups (broad SMARTS) is 1. The molecule has 0 heterocycles. The van der Waals surface area contributed by atoms with Crippen LogP contribution >= 0.6 is 43.5 Å². The zero-order valence-corrected chi connectivity index (χ0v) is 15.4. The van der Waals surface area contributed by atoms with Gasteiger partial charge in [0.15, 0.2) is 5.75 Å². The first-order valence-electron chi connectivity index (χ1n) is 5.92. The van der Waals surface area contributed by atoms with Crippen molar-refractivity contribution in [3.8, 4) is 5.75 Å². The van der Waals surface area contributed by atoms with Crippen molar-refractivity contribution < 1.29 is 19.1 Å². The highest BCUT2D eigenvalue weighted by Gasteiger charge is 2.25. The highest BCUT2D eigenvalue weighted by atomic mass is 79.9. The minimum atomic E-state index is -1.08. The van der Waals surface area contributed by atoms with E-state index in [9.17, 15) is 9.90 Å². The van der Waals surface area contributed by atoms with Crippen LogP contribution in [0.4, 0.5) is 0 Å². The van der Waals surface area contributed by atoms with Crippen molar-refractivity contribution >= 4 is 49.4 Å². The first-order chi connectivity index (χ1) is 9.12. The van der Waals surface area contributed by atoms with Crippen molar-refractivity contribution in [2.75, 3.05) is 27.7 Å². The van der Waals surface area contributed by atoms with Crippen LogP contribution in [0.25, 0.3) is 0 Å². The Bertz CT molecular complexity index is 480. The minimum Gasteiger partial charge on any atom is -0.544 e. The first kappa shape index (κ1) is 17.8. The molecule has 20 heavy (non-hydrogen) atoms. The van der Waals surface area contributed by atoms with Crippen LogP contribution in [0.15, 0.2) is 21.1 Å². The Morgan fingerprint density at radius 1 is 1.40 bits per heavy atom. The smallest absolute Gasteiger partial charge is 0.152 e. The second-order valence-corrected chi connectivity index (χ2v) is 7.46. The minimum absolute atomic E-state index is 0.244. The molecule has 0 spiro atoms. The molecular formula is C13H16Br2ClNO3. The number of nitrogens with zero attached hydrogens (tertiary/aromatic N) is 1. The topological polar surface area (TPSA) is 49.4 Å². The molecule has 4 nitrogen and oxygen atoms in total. The maximum absolute atomic E-state index is 11.1. The maximum atomic E-state index is 11.1. The fourth-order valence-corrected chi connectivity index (χ4v) is 3.62. The number of hydrogen-bond acceptors (Lipinski definition) is 3. The second-order valence-electron chi connectivity index (χ2n) is 5.29. The van der Waals surface area contributed by atoms with Crippen molar-refractivity contribution in [1.82, 2.24) is 0 Å². The van der Waals surface area contributed by atoms with Crippen LogP contribution in [0.1, 0.15) is 6.42 Å². The quantitative estimate of drug-likeness (QED) is 0.653. The Balaban J connectivity index is 2.71. The number of carbonyl (C=O) groups is 1. The number of aliphatic carboxylic acids is 1. The Hall–Kier alpha value is -0.300. The summed E-state index contributed by atoms with van der Waals surface area (Å²) >= 11 is 12.8. The van der Waals surface area contributed by atoms with Gasteiger partial charge in [0.25, 0.3) is 0 Å². The van der Waals surface area contributed by atoms with Gasteiger partial charge in [-0.1, -0.05) is 27.5 Å². The molecule has 0 N–H and O–H groups in total. The number of rotatable bonds is 6. The molecule has 0 saturated carbocycles. The Morgan fingerprint density at radius 3 is 2.45 bits per heavy atom. The lowest BCUT2D eigenvalue weighted by molar-refractivity contribution is -0.889. The predicted octanol–water partition coefficient (Wildman–Crippen LogP) is 2.46. The van der Waals surface area contributed by atoms with Gasteiger partial charge in [-0.15, -0.1) is 0 Å². The SMILES string of the molecule is C[N+](C)(C)[C@H](CCOc1c(Cl)cc(Br)cc1Br)C(=O)[O-]. The van der Waals surface area contributed by atoms with Gasteiger partial charge >= 0.3 is 0 Å². The molecule has 1 rings (SSSR count). The van der Waals surface area contributed by atoms with E-state index in [1.807, 2.05) is 27.2 Å². The average molecular weight is 430 g/mol. The highest BCUT2D eigenvalue weighted by Crippen LogP contribution is 2.36. The van der Waals surface area contributed by atoms with Gasteiger partial charge in [0.2, 0.25) is 0 Å². The van der Waals surface area contributed by atoms with Crippen molar-refractivity contribution in [1.29, 1.82) is 0 Å². The molecule has 0 aliphatic heterocycles. The summed E-state index contributed by atoms with van der Waals surface area (Å²) in [6.45, 7) is 0.244. The number of carbonyl (C=O) groups excluding carboxylic acids is 1. The number of ether oxygens (including phenoxy) is 1. The third kappa shape index (κ3) is 4.91. The van der Waals surface area contributed by atoms with Crippen LogP contribution < -0.4 is 9.84 Å². The molecule has 0 aliphatic carbocycles. The van der Waals surface area contributed by atoms with E-state index >= 15 is 0 Å². The summed E-state index contributed by atoms with van der Waals surface area (Å²) < 4.78 is 7.43. The normalized spacial score (nSPS) is 13.1. The third-order valence-corrected chi connectivity index (χ3v) is 4.14. The fraction of sp³-hybridized carbons (Fsp3) is 0.462. The summed E-state index contributed by atoms with van der Waals surface area (Å²) in [6.07, 6.45) is 0.338. The summed E-state index contributed by atoms with van der Waals surface area (Å²) in [5.41, 5.74) is 0.